The molecule has 218 valence electrons. The molecule has 5 rings (SSSR count). The van der Waals surface area contributed by atoms with Crippen LogP contribution >= 0.6 is 0 Å². The molecule has 0 spiro atoms. The molecule has 10 nitrogen and oxygen atoms in total. The molecule has 0 aliphatic carbocycles. The molecule has 1 aliphatic rings. The van der Waals surface area contributed by atoms with Gasteiger partial charge in [-0.1, -0.05) is 0 Å². The number of hydrogen-bond donors (Lipinski definition) is 3. The van der Waals surface area contributed by atoms with Crippen molar-refractivity contribution in [3.05, 3.63) is 46.8 Å². The van der Waals surface area contributed by atoms with Crippen LogP contribution in [0.4, 0.5) is 33.5 Å². The Kier molecular flexibility index (Phi) is 7.55. The highest BCUT2D eigenvalue weighted by molar-refractivity contribution is 5.96. The zero-order chi connectivity index (χ0) is 29.5. The number of nitrogen functional groups attached to an aromatic ring is 1. The Hall–Kier alpha value is -4.27. The number of hydrogen-bond acceptors (Lipinski definition) is 9. The third kappa shape index (κ3) is 5.66. The van der Waals surface area contributed by atoms with E-state index in [2.05, 4.69) is 30.7 Å². The summed E-state index contributed by atoms with van der Waals surface area (Å²) < 4.78 is 86.7. The molecule has 1 unspecified atom stereocenters. The van der Waals surface area contributed by atoms with Crippen LogP contribution in [0, 0.1) is 18.6 Å². The second-order valence-corrected chi connectivity index (χ2v) is 9.65. The number of nitrogens with two attached hydrogens (primary N) is 1. The fourth-order valence-corrected chi connectivity index (χ4v) is 4.58. The van der Waals surface area contributed by atoms with E-state index in [-0.39, 0.29) is 29.7 Å². The molecule has 4 heterocycles. The number of halogens is 5. The maximum Gasteiger partial charge on any atom is 0.417 e. The molecular formula is C26H27F5N8O2. The molecule has 0 fully saturated rings. The van der Waals surface area contributed by atoms with Gasteiger partial charge < -0.3 is 25.8 Å². The monoisotopic (exact) mass is 578 g/mol. The number of aromatic nitrogens is 5. The Morgan fingerprint density at radius 2 is 1.93 bits per heavy atom. The summed E-state index contributed by atoms with van der Waals surface area (Å²) in [6.45, 7) is 4.09. The Balaban J connectivity index is 1.77. The van der Waals surface area contributed by atoms with Crippen molar-refractivity contribution in [1.82, 2.24) is 30.0 Å². The highest BCUT2D eigenvalue weighted by Crippen LogP contribution is 2.44. The number of benzene rings is 1. The van der Waals surface area contributed by atoms with Gasteiger partial charge in [-0.25, -0.2) is 13.8 Å². The first-order valence-electron chi connectivity index (χ1n) is 12.7. The van der Waals surface area contributed by atoms with E-state index in [1.807, 2.05) is 0 Å². The number of anilines is 2. The second-order valence-electron chi connectivity index (χ2n) is 9.65. The van der Waals surface area contributed by atoms with Crippen molar-refractivity contribution >= 4 is 22.4 Å². The average molecular weight is 579 g/mol. The molecule has 1 atom stereocenters. The minimum absolute atomic E-state index is 0.0190. The lowest BCUT2D eigenvalue weighted by Crippen LogP contribution is -2.26. The van der Waals surface area contributed by atoms with Gasteiger partial charge in [0.05, 0.1) is 23.0 Å². The fourth-order valence-electron chi connectivity index (χ4n) is 4.58. The number of aryl methyl sites for hydroxylation is 1. The summed E-state index contributed by atoms with van der Waals surface area (Å²) in [5.41, 5.74) is 1.55. The van der Waals surface area contributed by atoms with E-state index in [0.29, 0.717) is 37.8 Å². The van der Waals surface area contributed by atoms with Gasteiger partial charge in [0.2, 0.25) is 5.88 Å². The highest BCUT2D eigenvalue weighted by atomic mass is 19.4. The first kappa shape index (κ1) is 28.3. The molecule has 0 radical (unpaired) electrons. The van der Waals surface area contributed by atoms with Crippen LogP contribution in [-0.4, -0.2) is 50.5 Å². The van der Waals surface area contributed by atoms with Gasteiger partial charge in [-0.05, 0) is 44.5 Å². The number of nitrogens with zero attached hydrogens (tertiary/aromatic N) is 5. The standard InChI is InChI=1S/C26H27F5N8O2/c1-12-4-6-33-7-8-34-23-17-22(36-25(37-23)40-11-14-5-9-39(3)38-14)20(28)21(35-24(17)41-12)15-10-16(32)19(27)13(2)18(15)26(29,30)31/h5,9-10,12,33H,4,6-8,11,32H2,1-3H3,(H,34,36,37). The molecule has 41 heavy (non-hydrogen) atoms. The van der Waals surface area contributed by atoms with Crippen LogP contribution in [0.25, 0.3) is 22.2 Å². The van der Waals surface area contributed by atoms with Crippen molar-refractivity contribution in [2.45, 2.75) is 39.2 Å². The normalized spacial score (nSPS) is 16.1. The van der Waals surface area contributed by atoms with Crippen LogP contribution < -0.4 is 25.8 Å². The topological polar surface area (TPSA) is 125 Å². The number of nitrogens with one attached hydrogen (secondary N) is 2. The molecule has 15 heteroatoms. The van der Waals surface area contributed by atoms with Crippen LogP contribution in [-0.2, 0) is 19.8 Å². The van der Waals surface area contributed by atoms with Gasteiger partial charge in [-0.3, -0.25) is 4.68 Å². The lowest BCUT2D eigenvalue weighted by molar-refractivity contribution is -0.137. The molecule has 4 aromatic rings. The number of rotatable bonds is 4. The molecule has 1 aromatic carbocycles. The molecule has 0 amide bonds. The summed E-state index contributed by atoms with van der Waals surface area (Å²) in [6.07, 6.45) is -3.29. The van der Waals surface area contributed by atoms with E-state index in [4.69, 9.17) is 15.2 Å². The first-order valence-corrected chi connectivity index (χ1v) is 12.7. The van der Waals surface area contributed by atoms with Crippen molar-refractivity contribution in [1.29, 1.82) is 0 Å². The Bertz CT molecular complexity index is 1610. The third-order valence-electron chi connectivity index (χ3n) is 6.55. The van der Waals surface area contributed by atoms with Crippen LogP contribution in [0.5, 0.6) is 11.9 Å². The summed E-state index contributed by atoms with van der Waals surface area (Å²) >= 11 is 0. The highest BCUT2D eigenvalue weighted by Gasteiger charge is 2.39. The van der Waals surface area contributed by atoms with Crippen molar-refractivity contribution < 1.29 is 31.4 Å². The van der Waals surface area contributed by atoms with E-state index in [9.17, 15) is 17.6 Å². The number of alkyl halides is 3. The molecular weight excluding hydrogens is 551 g/mol. The van der Waals surface area contributed by atoms with Gasteiger partial charge in [-0.2, -0.15) is 28.2 Å². The summed E-state index contributed by atoms with van der Waals surface area (Å²) in [6, 6.07) is 2.17. The quantitative estimate of drug-likeness (QED) is 0.239. The minimum Gasteiger partial charge on any atom is -0.474 e. The van der Waals surface area contributed by atoms with E-state index in [1.165, 1.54) is 0 Å². The van der Waals surface area contributed by atoms with Crippen molar-refractivity contribution in [2.75, 3.05) is 30.7 Å². The van der Waals surface area contributed by atoms with Gasteiger partial charge in [0, 0.05) is 31.9 Å². The Labute approximate surface area is 231 Å². The molecule has 0 saturated heterocycles. The molecule has 1 aliphatic heterocycles. The summed E-state index contributed by atoms with van der Waals surface area (Å²) in [7, 11) is 1.73. The zero-order valence-electron chi connectivity index (χ0n) is 22.4. The van der Waals surface area contributed by atoms with Crippen LogP contribution in [0.15, 0.2) is 18.3 Å². The summed E-state index contributed by atoms with van der Waals surface area (Å²) in [4.78, 5) is 12.8. The maximum atomic E-state index is 16.3. The zero-order valence-corrected chi connectivity index (χ0v) is 22.4. The van der Waals surface area contributed by atoms with Crippen molar-refractivity contribution in [3.8, 4) is 23.1 Å². The Morgan fingerprint density at radius 3 is 2.63 bits per heavy atom. The van der Waals surface area contributed by atoms with E-state index >= 15 is 4.39 Å². The molecule has 0 saturated carbocycles. The lowest BCUT2D eigenvalue weighted by Gasteiger charge is -2.21. The maximum absolute atomic E-state index is 16.3. The third-order valence-corrected chi connectivity index (χ3v) is 6.55. The van der Waals surface area contributed by atoms with E-state index in [0.717, 1.165) is 6.92 Å². The largest absolute Gasteiger partial charge is 0.474 e. The van der Waals surface area contributed by atoms with Crippen molar-refractivity contribution in [3.63, 3.8) is 0 Å². The van der Waals surface area contributed by atoms with Crippen LogP contribution in [0.2, 0.25) is 0 Å². The van der Waals surface area contributed by atoms with E-state index in [1.54, 1.807) is 30.9 Å². The second kappa shape index (κ2) is 11.0. The van der Waals surface area contributed by atoms with Gasteiger partial charge in [0.1, 0.15) is 34.8 Å². The van der Waals surface area contributed by atoms with Gasteiger partial charge in [0.15, 0.2) is 5.82 Å². The van der Waals surface area contributed by atoms with Crippen LogP contribution in [0.1, 0.15) is 30.2 Å². The van der Waals surface area contributed by atoms with E-state index < -0.39 is 57.5 Å². The Morgan fingerprint density at radius 1 is 1.15 bits per heavy atom. The first-order chi connectivity index (χ1) is 19.4. The number of ether oxygens (including phenoxy) is 2. The predicted molar refractivity (Wildman–Crippen MR) is 140 cm³/mol. The fraction of sp³-hybridized carbons (Fsp3) is 0.385. The smallest absolute Gasteiger partial charge is 0.417 e. The predicted octanol–water partition coefficient (Wildman–Crippen LogP) is 4.36. The van der Waals surface area contributed by atoms with Crippen molar-refractivity contribution in [2.24, 2.45) is 7.05 Å². The number of pyridine rings is 1. The summed E-state index contributed by atoms with van der Waals surface area (Å²) in [5.74, 6) is -2.55. The SMILES string of the molecule is Cc1c(F)c(N)cc(-c2nc3c4c(nc(OCc5ccn(C)n5)nc4c2F)NCCNCCC(C)O3)c1C(F)(F)F. The lowest BCUT2D eigenvalue weighted by atomic mass is 9.96. The average Bonchev–Trinajstić information content (AvgIpc) is 3.31. The minimum atomic E-state index is -5.05. The molecule has 4 N–H and O–H groups in total. The van der Waals surface area contributed by atoms with Gasteiger partial charge >= 0.3 is 12.2 Å². The summed E-state index contributed by atoms with van der Waals surface area (Å²) in [5, 5.41) is 10.5. The van der Waals surface area contributed by atoms with Crippen LogP contribution in [0.3, 0.4) is 0 Å². The van der Waals surface area contributed by atoms with Gasteiger partial charge in [0.25, 0.3) is 0 Å². The van der Waals surface area contributed by atoms with Gasteiger partial charge in [-0.15, -0.1) is 0 Å². The molecule has 0 bridgehead atoms. The molecule has 3 aromatic heterocycles.